The van der Waals surface area contributed by atoms with Crippen LogP contribution in [0.5, 0.6) is 0 Å². The fourth-order valence-corrected chi connectivity index (χ4v) is 1.14. The Kier molecular flexibility index (Phi) is 4.17. The van der Waals surface area contributed by atoms with Crippen molar-refractivity contribution >= 4 is 11.7 Å². The zero-order chi connectivity index (χ0) is 11.3. The van der Waals surface area contributed by atoms with Gasteiger partial charge in [0.2, 0.25) is 11.9 Å². The van der Waals surface area contributed by atoms with Crippen LogP contribution < -0.4 is 11.1 Å². The highest BCUT2D eigenvalue weighted by molar-refractivity contribution is 5.93. The second-order valence-corrected chi connectivity index (χ2v) is 3.23. The molecule has 0 aliphatic rings. The molecular formula is C10H14FN3O. The number of halogens is 1. The lowest BCUT2D eigenvalue weighted by atomic mass is 10.2. The first kappa shape index (κ1) is 11.6. The molecule has 0 aliphatic carbocycles. The molecule has 1 aromatic rings. The van der Waals surface area contributed by atoms with Crippen molar-refractivity contribution in [2.45, 2.75) is 25.8 Å². The molecule has 1 heterocycles. The predicted octanol–water partition coefficient (Wildman–Crippen LogP) is 1.29. The van der Waals surface area contributed by atoms with Gasteiger partial charge in [0.1, 0.15) is 5.82 Å². The van der Waals surface area contributed by atoms with E-state index in [0.29, 0.717) is 6.42 Å². The van der Waals surface area contributed by atoms with E-state index in [2.05, 4.69) is 10.3 Å². The van der Waals surface area contributed by atoms with Crippen LogP contribution in [0.25, 0.3) is 0 Å². The second kappa shape index (κ2) is 5.41. The average molecular weight is 211 g/mol. The Labute approximate surface area is 87.7 Å². The van der Waals surface area contributed by atoms with Gasteiger partial charge in [-0.1, -0.05) is 19.4 Å². The Morgan fingerprint density at radius 3 is 3.00 bits per heavy atom. The minimum Gasteiger partial charge on any atom is -0.320 e. The number of carbonyl (C=O) groups is 1. The minimum absolute atomic E-state index is 0.187. The van der Waals surface area contributed by atoms with E-state index in [4.69, 9.17) is 5.73 Å². The van der Waals surface area contributed by atoms with Crippen LogP contribution in [0.15, 0.2) is 18.2 Å². The third kappa shape index (κ3) is 3.63. The first-order valence-electron chi connectivity index (χ1n) is 4.82. The molecule has 1 atom stereocenters. The summed E-state index contributed by atoms with van der Waals surface area (Å²) in [5.41, 5.74) is 5.58. The van der Waals surface area contributed by atoms with Gasteiger partial charge in [-0.25, -0.2) is 4.98 Å². The van der Waals surface area contributed by atoms with Crippen molar-refractivity contribution in [1.82, 2.24) is 4.98 Å². The normalized spacial score (nSPS) is 12.2. The Hall–Kier alpha value is -1.49. The fraction of sp³-hybridized carbons (Fsp3) is 0.400. The Balaban J connectivity index is 2.58. The third-order valence-electron chi connectivity index (χ3n) is 1.90. The summed E-state index contributed by atoms with van der Waals surface area (Å²) in [6.07, 6.45) is 1.42. The van der Waals surface area contributed by atoms with Crippen molar-refractivity contribution in [2.24, 2.45) is 5.73 Å². The van der Waals surface area contributed by atoms with Crippen LogP contribution in [-0.2, 0) is 4.79 Å². The molecule has 0 saturated carbocycles. The van der Waals surface area contributed by atoms with E-state index in [0.717, 1.165) is 6.42 Å². The molecule has 1 unspecified atom stereocenters. The number of nitrogens with zero attached hydrogens (tertiary/aromatic N) is 1. The number of rotatable bonds is 4. The van der Waals surface area contributed by atoms with Crippen molar-refractivity contribution in [3.8, 4) is 0 Å². The van der Waals surface area contributed by atoms with Crippen LogP contribution in [0.2, 0.25) is 0 Å². The molecule has 0 radical (unpaired) electrons. The molecule has 0 saturated heterocycles. The van der Waals surface area contributed by atoms with Gasteiger partial charge in [0.05, 0.1) is 6.04 Å². The maximum Gasteiger partial charge on any atom is 0.242 e. The van der Waals surface area contributed by atoms with Gasteiger partial charge < -0.3 is 11.1 Å². The van der Waals surface area contributed by atoms with Crippen LogP contribution >= 0.6 is 0 Å². The summed E-state index contributed by atoms with van der Waals surface area (Å²) < 4.78 is 12.7. The molecule has 0 aliphatic heterocycles. The van der Waals surface area contributed by atoms with Crippen LogP contribution in [0.1, 0.15) is 19.8 Å². The Morgan fingerprint density at radius 2 is 2.40 bits per heavy atom. The van der Waals surface area contributed by atoms with Crippen molar-refractivity contribution in [3.63, 3.8) is 0 Å². The zero-order valence-electron chi connectivity index (χ0n) is 8.53. The molecule has 1 rings (SSSR count). The molecule has 1 amide bonds. The highest BCUT2D eigenvalue weighted by Crippen LogP contribution is 2.04. The zero-order valence-corrected chi connectivity index (χ0v) is 8.53. The highest BCUT2D eigenvalue weighted by Gasteiger charge is 2.12. The Bertz CT molecular complexity index is 343. The number of carbonyl (C=O) groups excluding carboxylic acids is 1. The molecule has 5 heteroatoms. The lowest BCUT2D eigenvalue weighted by Crippen LogP contribution is -2.35. The summed E-state index contributed by atoms with van der Waals surface area (Å²) in [6.45, 7) is 1.94. The van der Waals surface area contributed by atoms with Crippen molar-refractivity contribution in [3.05, 3.63) is 24.1 Å². The molecule has 0 fully saturated rings. The van der Waals surface area contributed by atoms with Crippen LogP contribution in [0, 0.1) is 5.95 Å². The molecular weight excluding hydrogens is 197 g/mol. The monoisotopic (exact) mass is 211 g/mol. The summed E-state index contributed by atoms with van der Waals surface area (Å²) in [6, 6.07) is 3.63. The minimum atomic E-state index is -0.628. The summed E-state index contributed by atoms with van der Waals surface area (Å²) >= 11 is 0. The maximum absolute atomic E-state index is 12.7. The van der Waals surface area contributed by atoms with E-state index in [1.54, 1.807) is 0 Å². The fourth-order valence-electron chi connectivity index (χ4n) is 1.14. The number of amides is 1. The van der Waals surface area contributed by atoms with Gasteiger partial charge in [0, 0.05) is 0 Å². The smallest absolute Gasteiger partial charge is 0.242 e. The number of anilines is 1. The molecule has 0 spiro atoms. The van der Waals surface area contributed by atoms with Gasteiger partial charge in [-0.15, -0.1) is 0 Å². The number of hydrogen-bond donors (Lipinski definition) is 2. The SMILES string of the molecule is CCCC(N)C(=O)Nc1cccc(F)n1. The summed E-state index contributed by atoms with van der Waals surface area (Å²) in [5, 5.41) is 2.45. The quantitative estimate of drug-likeness (QED) is 0.737. The van der Waals surface area contributed by atoms with E-state index in [-0.39, 0.29) is 11.7 Å². The standard InChI is InChI=1S/C10H14FN3O/c1-2-4-7(12)10(15)14-9-6-3-5-8(11)13-9/h3,5-7H,2,4,12H2,1H3,(H,13,14,15). The number of nitrogens with one attached hydrogen (secondary N) is 1. The number of aromatic nitrogens is 1. The van der Waals surface area contributed by atoms with Crippen LogP contribution in [0.3, 0.4) is 0 Å². The van der Waals surface area contributed by atoms with Gasteiger partial charge >= 0.3 is 0 Å². The van der Waals surface area contributed by atoms with Crippen molar-refractivity contribution in [1.29, 1.82) is 0 Å². The van der Waals surface area contributed by atoms with E-state index >= 15 is 0 Å². The lowest BCUT2D eigenvalue weighted by Gasteiger charge is -2.10. The summed E-state index contributed by atoms with van der Waals surface area (Å²) in [5.74, 6) is -0.779. The van der Waals surface area contributed by atoms with E-state index in [1.807, 2.05) is 6.92 Å². The summed E-state index contributed by atoms with van der Waals surface area (Å²) in [4.78, 5) is 14.9. The van der Waals surface area contributed by atoms with Gasteiger partial charge in [0.25, 0.3) is 0 Å². The number of hydrogen-bond acceptors (Lipinski definition) is 3. The van der Waals surface area contributed by atoms with E-state index in [9.17, 15) is 9.18 Å². The van der Waals surface area contributed by atoms with Gasteiger partial charge in [-0.3, -0.25) is 4.79 Å². The first-order valence-corrected chi connectivity index (χ1v) is 4.82. The van der Waals surface area contributed by atoms with Crippen molar-refractivity contribution < 1.29 is 9.18 Å². The second-order valence-electron chi connectivity index (χ2n) is 3.23. The third-order valence-corrected chi connectivity index (χ3v) is 1.90. The lowest BCUT2D eigenvalue weighted by molar-refractivity contribution is -0.117. The average Bonchev–Trinajstić information content (AvgIpc) is 2.18. The molecule has 0 bridgehead atoms. The summed E-state index contributed by atoms with van der Waals surface area (Å²) in [7, 11) is 0. The predicted molar refractivity (Wildman–Crippen MR) is 55.7 cm³/mol. The molecule has 15 heavy (non-hydrogen) atoms. The molecule has 3 N–H and O–H groups in total. The van der Waals surface area contributed by atoms with E-state index in [1.165, 1.54) is 18.2 Å². The molecule has 0 aromatic carbocycles. The number of nitrogens with two attached hydrogens (primary N) is 1. The molecule has 1 aromatic heterocycles. The largest absolute Gasteiger partial charge is 0.320 e. The number of pyridine rings is 1. The van der Waals surface area contributed by atoms with Crippen LogP contribution in [-0.4, -0.2) is 16.9 Å². The topological polar surface area (TPSA) is 68.0 Å². The van der Waals surface area contributed by atoms with Crippen LogP contribution in [0.4, 0.5) is 10.2 Å². The van der Waals surface area contributed by atoms with E-state index < -0.39 is 12.0 Å². The van der Waals surface area contributed by atoms with Gasteiger partial charge in [-0.2, -0.15) is 4.39 Å². The van der Waals surface area contributed by atoms with Crippen molar-refractivity contribution in [2.75, 3.05) is 5.32 Å². The molecule has 4 nitrogen and oxygen atoms in total. The first-order chi connectivity index (χ1) is 7.13. The highest BCUT2D eigenvalue weighted by atomic mass is 19.1. The van der Waals surface area contributed by atoms with Gasteiger partial charge in [0.15, 0.2) is 0 Å². The maximum atomic E-state index is 12.7. The molecule has 82 valence electrons. The van der Waals surface area contributed by atoms with Gasteiger partial charge in [-0.05, 0) is 18.6 Å². The Morgan fingerprint density at radius 1 is 1.67 bits per heavy atom.